The lowest BCUT2D eigenvalue weighted by Gasteiger charge is -2.25. The summed E-state index contributed by atoms with van der Waals surface area (Å²) in [6.07, 6.45) is 0.751. The number of nitrogens with zero attached hydrogens (tertiary/aromatic N) is 5. The van der Waals surface area contributed by atoms with Gasteiger partial charge in [-0.05, 0) is 29.0 Å². The first-order chi connectivity index (χ1) is 14.7. The number of hydrogen-bond donors (Lipinski definition) is 0. The zero-order valence-corrected chi connectivity index (χ0v) is 17.6. The number of hydrogen-bond acceptors (Lipinski definition) is 8. The monoisotopic (exact) mass is 439 g/mol. The molecule has 2 aromatic carbocycles. The molecule has 1 unspecified atom stereocenters. The van der Waals surface area contributed by atoms with Crippen molar-refractivity contribution in [2.24, 2.45) is 0 Å². The van der Waals surface area contributed by atoms with E-state index in [1.54, 1.807) is 35.7 Å². The van der Waals surface area contributed by atoms with Gasteiger partial charge < -0.3 is 4.74 Å². The van der Waals surface area contributed by atoms with Gasteiger partial charge in [0, 0.05) is 17.9 Å². The summed E-state index contributed by atoms with van der Waals surface area (Å²) in [7, 11) is 0. The standard InChI is InChI=1S/C20H17N5O3S2/c1-2-17-21-22-20-23(17)24-18(30-20)12-29-19(24)14-8-9-16(15(10-14)25(26)27)28-11-13-6-4-3-5-7-13/h3-10,12,19H,2,11H2,1H3. The van der Waals surface area contributed by atoms with Gasteiger partial charge in [-0.2, -0.15) is 0 Å². The molecule has 2 aliphatic rings. The first-order valence-electron chi connectivity index (χ1n) is 9.38. The van der Waals surface area contributed by atoms with E-state index in [-0.39, 0.29) is 23.4 Å². The van der Waals surface area contributed by atoms with Crippen LogP contribution in [0.5, 0.6) is 5.75 Å². The quantitative estimate of drug-likeness (QED) is 0.406. The van der Waals surface area contributed by atoms with Crippen LogP contribution in [0.1, 0.15) is 29.2 Å². The largest absolute Gasteiger partial charge is 0.482 e. The van der Waals surface area contributed by atoms with Crippen molar-refractivity contribution in [3.05, 3.63) is 86.0 Å². The molecule has 0 radical (unpaired) electrons. The lowest BCUT2D eigenvalue weighted by atomic mass is 10.1. The highest BCUT2D eigenvalue weighted by atomic mass is 32.2. The molecular weight excluding hydrogens is 422 g/mol. The number of benzene rings is 2. The zero-order valence-electron chi connectivity index (χ0n) is 16.0. The summed E-state index contributed by atoms with van der Waals surface area (Å²) < 4.78 is 7.77. The van der Waals surface area contributed by atoms with Gasteiger partial charge in [-0.25, -0.2) is 4.68 Å². The average molecular weight is 440 g/mol. The number of thioether (sulfide) groups is 2. The summed E-state index contributed by atoms with van der Waals surface area (Å²) in [6.45, 7) is 2.31. The number of aromatic nitrogens is 3. The van der Waals surface area contributed by atoms with Crippen molar-refractivity contribution in [3.63, 3.8) is 0 Å². The van der Waals surface area contributed by atoms with E-state index in [1.165, 1.54) is 0 Å². The molecular formula is C20H17N5O3S2. The molecule has 152 valence electrons. The van der Waals surface area contributed by atoms with E-state index in [2.05, 4.69) is 20.6 Å². The van der Waals surface area contributed by atoms with Crippen molar-refractivity contribution < 1.29 is 9.66 Å². The molecule has 0 fully saturated rings. The van der Waals surface area contributed by atoms with Crippen molar-refractivity contribution in [1.82, 2.24) is 14.9 Å². The fourth-order valence-corrected chi connectivity index (χ4v) is 5.66. The minimum Gasteiger partial charge on any atom is -0.482 e. The molecule has 3 aromatic rings. The molecule has 2 aliphatic heterocycles. The maximum atomic E-state index is 11.7. The molecule has 0 amide bonds. The fourth-order valence-electron chi connectivity index (χ4n) is 3.42. The second-order valence-electron chi connectivity index (χ2n) is 6.71. The molecule has 3 heterocycles. The van der Waals surface area contributed by atoms with Crippen LogP contribution in [0.15, 0.2) is 64.1 Å². The van der Waals surface area contributed by atoms with Crippen LogP contribution in [-0.4, -0.2) is 19.8 Å². The molecule has 0 saturated carbocycles. The number of aryl methyl sites for hydroxylation is 1. The Kier molecular flexibility index (Phi) is 4.87. The number of rotatable bonds is 6. The molecule has 1 aromatic heterocycles. The Morgan fingerprint density at radius 3 is 2.80 bits per heavy atom. The van der Waals surface area contributed by atoms with Gasteiger partial charge in [-0.15, -0.1) is 10.2 Å². The summed E-state index contributed by atoms with van der Waals surface area (Å²) in [6, 6.07) is 14.8. The maximum Gasteiger partial charge on any atom is 0.311 e. The number of ether oxygens (including phenoxy) is 1. The summed E-state index contributed by atoms with van der Waals surface area (Å²) >= 11 is 3.17. The van der Waals surface area contributed by atoms with Gasteiger partial charge in [0.1, 0.15) is 17.0 Å². The van der Waals surface area contributed by atoms with Gasteiger partial charge in [0.2, 0.25) is 5.16 Å². The molecule has 0 aliphatic carbocycles. The van der Waals surface area contributed by atoms with Gasteiger partial charge >= 0.3 is 5.69 Å². The van der Waals surface area contributed by atoms with Crippen molar-refractivity contribution in [1.29, 1.82) is 0 Å². The first kappa shape index (κ1) is 19.0. The third-order valence-electron chi connectivity index (χ3n) is 4.85. The Bertz CT molecular complexity index is 1150. The third-order valence-corrected chi connectivity index (χ3v) is 7.04. The molecule has 0 saturated heterocycles. The van der Waals surface area contributed by atoms with E-state index in [9.17, 15) is 10.1 Å². The second kappa shape index (κ2) is 7.69. The summed E-state index contributed by atoms with van der Waals surface area (Å²) in [5, 5.41) is 26.2. The SMILES string of the molecule is CCc1nnc2n1N1C(=CSC1c1ccc(OCc3ccccc3)c([N+](=O)[O-])c1)S2. The predicted molar refractivity (Wildman–Crippen MR) is 116 cm³/mol. The van der Waals surface area contributed by atoms with Crippen molar-refractivity contribution in [2.45, 2.75) is 30.5 Å². The van der Waals surface area contributed by atoms with Gasteiger partial charge in [-0.1, -0.05) is 55.1 Å². The van der Waals surface area contributed by atoms with E-state index in [4.69, 9.17) is 4.74 Å². The van der Waals surface area contributed by atoms with Crippen molar-refractivity contribution in [2.75, 3.05) is 5.01 Å². The molecule has 10 heteroatoms. The van der Waals surface area contributed by atoms with Crippen LogP contribution >= 0.6 is 23.5 Å². The van der Waals surface area contributed by atoms with Gasteiger partial charge in [-0.3, -0.25) is 15.1 Å². The Balaban J connectivity index is 1.44. The Hall–Kier alpha value is -2.98. The van der Waals surface area contributed by atoms with Crippen LogP contribution in [0, 0.1) is 10.1 Å². The highest BCUT2D eigenvalue weighted by Gasteiger charge is 2.40. The molecule has 0 spiro atoms. The van der Waals surface area contributed by atoms with Crippen LogP contribution in [-0.2, 0) is 13.0 Å². The van der Waals surface area contributed by atoms with Gasteiger partial charge in [0.25, 0.3) is 0 Å². The summed E-state index contributed by atoms with van der Waals surface area (Å²) in [4.78, 5) is 11.4. The Labute approximate surface area is 181 Å². The first-order valence-corrected chi connectivity index (χ1v) is 11.1. The normalized spacial score (nSPS) is 16.9. The van der Waals surface area contributed by atoms with Gasteiger partial charge in [0.15, 0.2) is 11.6 Å². The van der Waals surface area contributed by atoms with Crippen LogP contribution in [0.2, 0.25) is 0 Å². The van der Waals surface area contributed by atoms with E-state index in [1.807, 2.05) is 48.0 Å². The van der Waals surface area contributed by atoms with E-state index < -0.39 is 4.92 Å². The molecule has 8 nitrogen and oxygen atoms in total. The lowest BCUT2D eigenvalue weighted by Crippen LogP contribution is -2.30. The lowest BCUT2D eigenvalue weighted by molar-refractivity contribution is -0.386. The third kappa shape index (κ3) is 3.21. The fraction of sp³-hybridized carbons (Fsp3) is 0.200. The minimum absolute atomic E-state index is 0.0379. The summed E-state index contributed by atoms with van der Waals surface area (Å²) in [5.74, 6) is 1.13. The number of nitro benzene ring substituents is 1. The Morgan fingerprint density at radius 2 is 2.03 bits per heavy atom. The highest BCUT2D eigenvalue weighted by molar-refractivity contribution is 8.07. The second-order valence-corrected chi connectivity index (χ2v) is 8.66. The number of fused-ring (bicyclic) bond motifs is 3. The van der Waals surface area contributed by atoms with Crippen LogP contribution in [0.3, 0.4) is 0 Å². The van der Waals surface area contributed by atoms with Crippen LogP contribution in [0.4, 0.5) is 5.69 Å². The van der Waals surface area contributed by atoms with Crippen LogP contribution < -0.4 is 9.75 Å². The van der Waals surface area contributed by atoms with Gasteiger partial charge in [0.05, 0.1) is 4.92 Å². The highest BCUT2D eigenvalue weighted by Crippen LogP contribution is 2.51. The zero-order chi connectivity index (χ0) is 20.7. The number of nitro groups is 1. The molecule has 0 bridgehead atoms. The molecule has 5 rings (SSSR count). The molecule has 1 atom stereocenters. The maximum absolute atomic E-state index is 11.7. The van der Waals surface area contributed by atoms with Crippen molar-refractivity contribution >= 4 is 29.2 Å². The van der Waals surface area contributed by atoms with E-state index in [0.717, 1.165) is 33.6 Å². The molecule has 0 N–H and O–H groups in total. The topological polar surface area (TPSA) is 86.3 Å². The predicted octanol–water partition coefficient (Wildman–Crippen LogP) is 4.62. The van der Waals surface area contributed by atoms with Crippen LogP contribution in [0.25, 0.3) is 0 Å². The summed E-state index contributed by atoms with van der Waals surface area (Å²) in [5.41, 5.74) is 1.75. The van der Waals surface area contributed by atoms with Crippen molar-refractivity contribution in [3.8, 4) is 5.75 Å². The van der Waals surface area contributed by atoms with E-state index >= 15 is 0 Å². The molecule has 30 heavy (non-hydrogen) atoms. The minimum atomic E-state index is -0.391. The Morgan fingerprint density at radius 1 is 1.20 bits per heavy atom. The average Bonchev–Trinajstić information content (AvgIpc) is 3.44. The van der Waals surface area contributed by atoms with E-state index in [0.29, 0.717) is 0 Å². The smallest absolute Gasteiger partial charge is 0.311 e.